The Kier molecular flexibility index (Phi) is 6.36. The zero-order chi connectivity index (χ0) is 25.7. The van der Waals surface area contributed by atoms with Crippen molar-refractivity contribution in [3.8, 4) is 0 Å². The third kappa shape index (κ3) is 4.38. The molecule has 0 fully saturated rings. The summed E-state index contributed by atoms with van der Waals surface area (Å²) < 4.78 is 55.9. The molecule has 1 aliphatic heterocycles. The summed E-state index contributed by atoms with van der Waals surface area (Å²) in [6.07, 6.45) is 0. The van der Waals surface area contributed by atoms with E-state index in [0.29, 0.717) is 23.4 Å². The largest absolute Gasteiger partial charge is 0.345 e. The first-order valence-corrected chi connectivity index (χ1v) is 11.1. The Morgan fingerprint density at radius 2 is 1.69 bits per heavy atom. The summed E-state index contributed by atoms with van der Waals surface area (Å²) in [6, 6.07) is 8.77. The van der Waals surface area contributed by atoms with E-state index in [0.717, 1.165) is 0 Å². The number of hydrogen-bond acceptors (Lipinski definition) is 2. The standard InChI is InChI=1S/C26H21ClF4N2O2/c1-13(23-20(30)10-15(28)11-21(23)31)32-24(34)14-7-8-17-22(9-14)33(25(35)26(17,2)3)12-16-18(27)5-4-6-19(16)29/h4-11,13H,12H2,1-3H3,(H,32,34)/t13-/m1/s1. The molecule has 0 aromatic heterocycles. The number of fused-ring (bicyclic) bond motifs is 1. The zero-order valence-corrected chi connectivity index (χ0v) is 19.8. The van der Waals surface area contributed by atoms with Gasteiger partial charge in [-0.05, 0) is 50.6 Å². The fraction of sp³-hybridized carbons (Fsp3) is 0.231. The van der Waals surface area contributed by atoms with Gasteiger partial charge in [0.15, 0.2) is 0 Å². The van der Waals surface area contributed by atoms with Crippen LogP contribution in [0.15, 0.2) is 48.5 Å². The predicted octanol–water partition coefficient (Wildman–Crippen LogP) is 6.21. The van der Waals surface area contributed by atoms with Gasteiger partial charge < -0.3 is 10.2 Å². The highest BCUT2D eigenvalue weighted by atomic mass is 35.5. The Balaban J connectivity index is 1.66. The normalized spacial score (nSPS) is 15.2. The Labute approximate surface area is 204 Å². The number of carbonyl (C=O) groups excluding carboxylic acids is 2. The predicted molar refractivity (Wildman–Crippen MR) is 124 cm³/mol. The quantitative estimate of drug-likeness (QED) is 0.420. The molecule has 0 aliphatic carbocycles. The van der Waals surface area contributed by atoms with Gasteiger partial charge in [-0.25, -0.2) is 17.6 Å². The van der Waals surface area contributed by atoms with Gasteiger partial charge in [0.2, 0.25) is 5.91 Å². The van der Waals surface area contributed by atoms with Gasteiger partial charge in [0.1, 0.15) is 23.3 Å². The highest BCUT2D eigenvalue weighted by Crippen LogP contribution is 2.43. The molecule has 35 heavy (non-hydrogen) atoms. The SMILES string of the molecule is C[C@@H](NC(=O)c1ccc2c(c1)N(Cc1c(F)cccc1Cl)C(=O)C2(C)C)c1c(F)cc(F)cc1F. The molecule has 0 bridgehead atoms. The van der Waals surface area contributed by atoms with Gasteiger partial charge in [-0.1, -0.05) is 23.7 Å². The first-order valence-electron chi connectivity index (χ1n) is 10.8. The van der Waals surface area contributed by atoms with Crippen LogP contribution in [0.5, 0.6) is 0 Å². The van der Waals surface area contributed by atoms with E-state index in [9.17, 15) is 27.2 Å². The molecule has 2 amide bonds. The van der Waals surface area contributed by atoms with E-state index in [4.69, 9.17) is 11.6 Å². The zero-order valence-electron chi connectivity index (χ0n) is 19.1. The van der Waals surface area contributed by atoms with Gasteiger partial charge in [0, 0.05) is 39.5 Å². The summed E-state index contributed by atoms with van der Waals surface area (Å²) in [5.41, 5.74) is -0.122. The molecule has 4 nitrogen and oxygen atoms in total. The lowest BCUT2D eigenvalue weighted by atomic mass is 9.86. The summed E-state index contributed by atoms with van der Waals surface area (Å²) in [6.45, 7) is 4.66. The van der Waals surface area contributed by atoms with Crippen molar-refractivity contribution >= 4 is 29.1 Å². The van der Waals surface area contributed by atoms with Gasteiger partial charge >= 0.3 is 0 Å². The van der Waals surface area contributed by atoms with Crippen LogP contribution in [0.1, 0.15) is 53.9 Å². The molecule has 1 atom stereocenters. The molecule has 1 aliphatic rings. The second-order valence-corrected chi connectivity index (χ2v) is 9.33. The molecule has 3 aromatic rings. The molecule has 1 N–H and O–H groups in total. The van der Waals surface area contributed by atoms with Crippen LogP contribution in [0.25, 0.3) is 0 Å². The number of rotatable bonds is 5. The molecule has 0 saturated heterocycles. The van der Waals surface area contributed by atoms with Gasteiger partial charge in [0.05, 0.1) is 18.0 Å². The van der Waals surface area contributed by atoms with Crippen molar-refractivity contribution in [1.82, 2.24) is 5.32 Å². The Hall–Kier alpha value is -3.39. The average Bonchev–Trinajstić information content (AvgIpc) is 2.95. The second-order valence-electron chi connectivity index (χ2n) is 8.93. The van der Waals surface area contributed by atoms with Crippen LogP contribution in [0.3, 0.4) is 0 Å². The average molecular weight is 505 g/mol. The number of amides is 2. The van der Waals surface area contributed by atoms with Crippen molar-refractivity contribution in [3.63, 3.8) is 0 Å². The molecule has 182 valence electrons. The molecular weight excluding hydrogens is 484 g/mol. The topological polar surface area (TPSA) is 49.4 Å². The molecule has 0 radical (unpaired) electrons. The lowest BCUT2D eigenvalue weighted by molar-refractivity contribution is -0.122. The van der Waals surface area contributed by atoms with Crippen molar-refractivity contribution < 1.29 is 27.2 Å². The molecule has 0 spiro atoms. The Bertz CT molecular complexity index is 1320. The maximum Gasteiger partial charge on any atom is 0.251 e. The molecular formula is C26H21ClF4N2O2. The van der Waals surface area contributed by atoms with Crippen molar-refractivity contribution in [2.45, 2.75) is 38.8 Å². The van der Waals surface area contributed by atoms with Crippen molar-refractivity contribution in [2.24, 2.45) is 0 Å². The monoisotopic (exact) mass is 504 g/mol. The Morgan fingerprint density at radius 3 is 2.31 bits per heavy atom. The van der Waals surface area contributed by atoms with Crippen molar-refractivity contribution in [1.29, 1.82) is 0 Å². The lowest BCUT2D eigenvalue weighted by Gasteiger charge is -2.21. The van der Waals surface area contributed by atoms with Gasteiger partial charge in [-0.15, -0.1) is 0 Å². The third-order valence-corrected chi connectivity index (χ3v) is 6.56. The number of hydrogen-bond donors (Lipinski definition) is 1. The van der Waals surface area contributed by atoms with Crippen LogP contribution >= 0.6 is 11.6 Å². The van der Waals surface area contributed by atoms with Crippen molar-refractivity contribution in [3.05, 3.63) is 99.1 Å². The summed E-state index contributed by atoms with van der Waals surface area (Å²) in [5, 5.41) is 2.66. The molecule has 0 unspecified atom stereocenters. The third-order valence-electron chi connectivity index (χ3n) is 6.21. The highest BCUT2D eigenvalue weighted by Gasteiger charge is 2.44. The fourth-order valence-corrected chi connectivity index (χ4v) is 4.53. The second kappa shape index (κ2) is 9.00. The number of benzene rings is 3. The number of nitrogens with zero attached hydrogens (tertiary/aromatic N) is 1. The van der Waals surface area contributed by atoms with E-state index in [1.165, 1.54) is 42.2 Å². The van der Waals surface area contributed by atoms with E-state index in [-0.39, 0.29) is 28.6 Å². The molecule has 9 heteroatoms. The summed E-state index contributed by atoms with van der Waals surface area (Å²) >= 11 is 6.16. The maximum atomic E-state index is 14.4. The number of nitrogens with one attached hydrogen (secondary N) is 1. The Morgan fingerprint density at radius 1 is 1.03 bits per heavy atom. The van der Waals surface area contributed by atoms with Crippen LogP contribution < -0.4 is 10.2 Å². The van der Waals surface area contributed by atoms with Crippen LogP contribution in [-0.2, 0) is 16.8 Å². The first-order chi connectivity index (χ1) is 16.4. The van der Waals surface area contributed by atoms with Crippen LogP contribution in [0.4, 0.5) is 23.2 Å². The number of halogens is 5. The van der Waals surface area contributed by atoms with Crippen LogP contribution in [0.2, 0.25) is 5.02 Å². The molecule has 0 saturated carbocycles. The van der Waals surface area contributed by atoms with Gasteiger partial charge in [-0.2, -0.15) is 0 Å². The van der Waals surface area contributed by atoms with Crippen LogP contribution in [0, 0.1) is 23.3 Å². The van der Waals surface area contributed by atoms with Gasteiger partial charge in [-0.3, -0.25) is 9.59 Å². The smallest absolute Gasteiger partial charge is 0.251 e. The number of anilines is 1. The van der Waals surface area contributed by atoms with E-state index in [1.807, 2.05) is 0 Å². The molecule has 4 rings (SSSR count). The van der Waals surface area contributed by atoms with Crippen LogP contribution in [-0.4, -0.2) is 11.8 Å². The van der Waals surface area contributed by atoms with E-state index in [2.05, 4.69) is 5.32 Å². The summed E-state index contributed by atoms with van der Waals surface area (Å²) in [5.74, 6) is -4.84. The lowest BCUT2D eigenvalue weighted by Crippen LogP contribution is -2.36. The van der Waals surface area contributed by atoms with Crippen molar-refractivity contribution in [2.75, 3.05) is 4.90 Å². The highest BCUT2D eigenvalue weighted by molar-refractivity contribution is 6.31. The van der Waals surface area contributed by atoms with Gasteiger partial charge in [0.25, 0.3) is 5.91 Å². The fourth-order valence-electron chi connectivity index (χ4n) is 4.30. The van der Waals surface area contributed by atoms with E-state index < -0.39 is 46.2 Å². The summed E-state index contributed by atoms with van der Waals surface area (Å²) in [7, 11) is 0. The minimum absolute atomic E-state index is 0.119. The molecule has 3 aromatic carbocycles. The first kappa shape index (κ1) is 24.7. The maximum absolute atomic E-state index is 14.4. The summed E-state index contributed by atoms with van der Waals surface area (Å²) in [4.78, 5) is 27.5. The van der Waals surface area contributed by atoms with E-state index in [1.54, 1.807) is 19.9 Å². The number of carbonyl (C=O) groups is 2. The minimum Gasteiger partial charge on any atom is -0.345 e. The molecule has 1 heterocycles. The van der Waals surface area contributed by atoms with E-state index >= 15 is 0 Å². The minimum atomic E-state index is -1.12.